The van der Waals surface area contributed by atoms with Crippen LogP contribution >= 0.6 is 0 Å². The molecule has 1 atom stereocenters. The van der Waals surface area contributed by atoms with E-state index in [1.54, 1.807) is 0 Å². The standard InChI is InChI=1S/C10H17F3N2O/c11-10(12,13)8(6-14)7-15-5-3-1-2-4-9(15)16/h8H,1-7,14H2. The van der Waals surface area contributed by atoms with Crippen molar-refractivity contribution >= 4 is 5.91 Å². The van der Waals surface area contributed by atoms with E-state index in [1.165, 1.54) is 4.90 Å². The van der Waals surface area contributed by atoms with E-state index in [1.807, 2.05) is 0 Å². The van der Waals surface area contributed by atoms with Crippen molar-refractivity contribution in [1.82, 2.24) is 4.90 Å². The molecular weight excluding hydrogens is 221 g/mol. The lowest BCUT2D eigenvalue weighted by molar-refractivity contribution is -0.177. The van der Waals surface area contributed by atoms with Gasteiger partial charge in [0, 0.05) is 26.1 Å². The summed E-state index contributed by atoms with van der Waals surface area (Å²) >= 11 is 0. The number of amides is 1. The van der Waals surface area contributed by atoms with Crippen LogP contribution < -0.4 is 5.73 Å². The van der Waals surface area contributed by atoms with Crippen LogP contribution in [0.1, 0.15) is 25.7 Å². The topological polar surface area (TPSA) is 46.3 Å². The number of alkyl halides is 3. The highest BCUT2D eigenvalue weighted by Crippen LogP contribution is 2.27. The number of carbonyl (C=O) groups is 1. The predicted octanol–water partition coefficient (Wildman–Crippen LogP) is 1.53. The molecule has 16 heavy (non-hydrogen) atoms. The van der Waals surface area contributed by atoms with E-state index in [0.29, 0.717) is 13.0 Å². The van der Waals surface area contributed by atoms with Crippen LogP contribution in [0.4, 0.5) is 13.2 Å². The van der Waals surface area contributed by atoms with Crippen LogP contribution in [-0.4, -0.2) is 36.6 Å². The van der Waals surface area contributed by atoms with Crippen molar-refractivity contribution in [3.8, 4) is 0 Å². The number of carbonyl (C=O) groups excluding carboxylic acids is 1. The molecule has 1 aliphatic heterocycles. The molecule has 1 heterocycles. The first-order chi connectivity index (χ1) is 7.45. The molecule has 0 spiro atoms. The summed E-state index contributed by atoms with van der Waals surface area (Å²) in [5, 5.41) is 0. The second-order valence-corrected chi connectivity index (χ2v) is 4.12. The normalized spacial score (nSPS) is 20.8. The number of rotatable bonds is 3. The molecule has 2 N–H and O–H groups in total. The van der Waals surface area contributed by atoms with Gasteiger partial charge in [-0.15, -0.1) is 0 Å². The monoisotopic (exact) mass is 238 g/mol. The fraction of sp³-hybridized carbons (Fsp3) is 0.900. The van der Waals surface area contributed by atoms with Gasteiger partial charge in [-0.25, -0.2) is 0 Å². The lowest BCUT2D eigenvalue weighted by Gasteiger charge is -2.27. The third kappa shape index (κ3) is 3.66. The van der Waals surface area contributed by atoms with E-state index in [4.69, 9.17) is 5.73 Å². The van der Waals surface area contributed by atoms with Crippen molar-refractivity contribution in [3.05, 3.63) is 0 Å². The second-order valence-electron chi connectivity index (χ2n) is 4.12. The van der Waals surface area contributed by atoms with E-state index in [0.717, 1.165) is 19.3 Å². The van der Waals surface area contributed by atoms with E-state index < -0.39 is 18.6 Å². The van der Waals surface area contributed by atoms with Gasteiger partial charge in [0.25, 0.3) is 0 Å². The molecule has 94 valence electrons. The average Bonchev–Trinajstić information content (AvgIpc) is 2.38. The summed E-state index contributed by atoms with van der Waals surface area (Å²) in [6, 6.07) is 0. The summed E-state index contributed by atoms with van der Waals surface area (Å²) in [6.07, 6.45) is -1.51. The van der Waals surface area contributed by atoms with Crippen molar-refractivity contribution in [2.45, 2.75) is 31.9 Å². The van der Waals surface area contributed by atoms with Gasteiger partial charge in [-0.1, -0.05) is 6.42 Å². The average molecular weight is 238 g/mol. The first-order valence-electron chi connectivity index (χ1n) is 5.49. The summed E-state index contributed by atoms with van der Waals surface area (Å²) in [4.78, 5) is 12.8. The SMILES string of the molecule is NCC(CN1CCCCCC1=O)C(F)(F)F. The Labute approximate surface area is 92.8 Å². The quantitative estimate of drug-likeness (QED) is 0.810. The Morgan fingerprint density at radius 3 is 2.56 bits per heavy atom. The van der Waals surface area contributed by atoms with Gasteiger partial charge in [-0.3, -0.25) is 4.79 Å². The zero-order chi connectivity index (χ0) is 12.2. The predicted molar refractivity (Wildman–Crippen MR) is 53.6 cm³/mol. The Balaban J connectivity index is 2.59. The van der Waals surface area contributed by atoms with Gasteiger partial charge in [0.2, 0.25) is 5.91 Å². The minimum atomic E-state index is -4.32. The summed E-state index contributed by atoms with van der Waals surface area (Å²) in [5.41, 5.74) is 5.10. The van der Waals surface area contributed by atoms with Gasteiger partial charge in [0.15, 0.2) is 0 Å². The lowest BCUT2D eigenvalue weighted by atomic mass is 10.1. The summed E-state index contributed by atoms with van der Waals surface area (Å²) in [6.45, 7) is -0.336. The maximum absolute atomic E-state index is 12.5. The smallest absolute Gasteiger partial charge is 0.342 e. The van der Waals surface area contributed by atoms with Crippen molar-refractivity contribution < 1.29 is 18.0 Å². The zero-order valence-electron chi connectivity index (χ0n) is 9.09. The molecule has 1 rings (SSSR count). The molecule has 1 unspecified atom stereocenters. The highest BCUT2D eigenvalue weighted by Gasteiger charge is 2.40. The number of halogens is 3. The molecule has 0 aliphatic carbocycles. The van der Waals surface area contributed by atoms with E-state index in [-0.39, 0.29) is 12.5 Å². The minimum Gasteiger partial charge on any atom is -0.342 e. The van der Waals surface area contributed by atoms with Crippen molar-refractivity contribution in [1.29, 1.82) is 0 Å². The number of nitrogens with zero attached hydrogens (tertiary/aromatic N) is 1. The molecule has 0 saturated carbocycles. The van der Waals surface area contributed by atoms with Crippen LogP contribution in [0.5, 0.6) is 0 Å². The Morgan fingerprint density at radius 2 is 2.00 bits per heavy atom. The lowest BCUT2D eigenvalue weighted by Crippen LogP contribution is -2.43. The highest BCUT2D eigenvalue weighted by molar-refractivity contribution is 5.76. The Bertz CT molecular complexity index is 243. The number of hydrogen-bond donors (Lipinski definition) is 1. The van der Waals surface area contributed by atoms with Crippen LogP contribution in [0.15, 0.2) is 0 Å². The molecule has 0 radical (unpaired) electrons. The third-order valence-electron chi connectivity index (χ3n) is 2.86. The Morgan fingerprint density at radius 1 is 1.31 bits per heavy atom. The van der Waals surface area contributed by atoms with E-state index in [9.17, 15) is 18.0 Å². The molecular formula is C10H17F3N2O. The molecule has 0 aromatic heterocycles. The first kappa shape index (κ1) is 13.3. The van der Waals surface area contributed by atoms with Gasteiger partial charge >= 0.3 is 6.18 Å². The minimum absolute atomic E-state index is 0.180. The number of hydrogen-bond acceptors (Lipinski definition) is 2. The van der Waals surface area contributed by atoms with Crippen LogP contribution in [0.2, 0.25) is 0 Å². The molecule has 6 heteroatoms. The molecule has 0 aromatic carbocycles. The number of nitrogens with two attached hydrogens (primary N) is 1. The van der Waals surface area contributed by atoms with Crippen molar-refractivity contribution in [2.75, 3.05) is 19.6 Å². The van der Waals surface area contributed by atoms with Crippen molar-refractivity contribution in [3.63, 3.8) is 0 Å². The molecule has 0 aromatic rings. The van der Waals surface area contributed by atoms with Gasteiger partial charge < -0.3 is 10.6 Å². The summed E-state index contributed by atoms with van der Waals surface area (Å²) < 4.78 is 37.5. The molecule has 1 amide bonds. The van der Waals surface area contributed by atoms with Crippen LogP contribution in [-0.2, 0) is 4.79 Å². The van der Waals surface area contributed by atoms with Crippen LogP contribution in [0.3, 0.4) is 0 Å². The number of likely N-dealkylation sites (tertiary alicyclic amines) is 1. The summed E-state index contributed by atoms with van der Waals surface area (Å²) in [5.74, 6) is -1.78. The maximum atomic E-state index is 12.5. The molecule has 0 bridgehead atoms. The largest absolute Gasteiger partial charge is 0.394 e. The summed E-state index contributed by atoms with van der Waals surface area (Å²) in [7, 11) is 0. The molecule has 1 fully saturated rings. The molecule has 3 nitrogen and oxygen atoms in total. The first-order valence-corrected chi connectivity index (χ1v) is 5.49. The fourth-order valence-corrected chi connectivity index (χ4v) is 1.81. The van der Waals surface area contributed by atoms with Gasteiger partial charge in [0.05, 0.1) is 5.92 Å². The van der Waals surface area contributed by atoms with Crippen molar-refractivity contribution in [2.24, 2.45) is 11.7 Å². The van der Waals surface area contributed by atoms with E-state index in [2.05, 4.69) is 0 Å². The Hall–Kier alpha value is -0.780. The molecule has 1 aliphatic rings. The van der Waals surface area contributed by atoms with Crippen LogP contribution in [0.25, 0.3) is 0 Å². The van der Waals surface area contributed by atoms with Gasteiger partial charge in [-0.2, -0.15) is 13.2 Å². The zero-order valence-corrected chi connectivity index (χ0v) is 9.09. The van der Waals surface area contributed by atoms with Gasteiger partial charge in [-0.05, 0) is 12.8 Å². The fourth-order valence-electron chi connectivity index (χ4n) is 1.81. The maximum Gasteiger partial charge on any atom is 0.394 e. The van der Waals surface area contributed by atoms with Gasteiger partial charge in [0.1, 0.15) is 0 Å². The highest BCUT2D eigenvalue weighted by atomic mass is 19.4. The second kappa shape index (κ2) is 5.52. The molecule has 1 saturated heterocycles. The van der Waals surface area contributed by atoms with E-state index >= 15 is 0 Å². The van der Waals surface area contributed by atoms with Crippen LogP contribution in [0, 0.1) is 5.92 Å². The Kier molecular flexibility index (Phi) is 4.58. The third-order valence-corrected chi connectivity index (χ3v) is 2.86.